The predicted octanol–water partition coefficient (Wildman–Crippen LogP) is 3.63. The van der Waals surface area contributed by atoms with Crippen molar-refractivity contribution in [2.45, 2.75) is 33.6 Å². The molecule has 0 unspecified atom stereocenters. The van der Waals surface area contributed by atoms with Gasteiger partial charge >= 0.3 is 5.97 Å². The lowest BCUT2D eigenvalue weighted by atomic mass is 9.98. The fourth-order valence-electron chi connectivity index (χ4n) is 3.74. The molecule has 0 bridgehead atoms. The number of pyridine rings is 1. The molecule has 0 saturated heterocycles. The molecule has 2 aliphatic rings. The van der Waals surface area contributed by atoms with Crippen LogP contribution in [0.1, 0.15) is 39.2 Å². The van der Waals surface area contributed by atoms with Gasteiger partial charge in [-0.2, -0.15) is 0 Å². The van der Waals surface area contributed by atoms with Crippen LogP contribution in [0.3, 0.4) is 0 Å². The Morgan fingerprint density at radius 2 is 2.00 bits per heavy atom. The normalized spacial score (nSPS) is 15.9. The monoisotopic (exact) mass is 465 g/mol. The Kier molecular flexibility index (Phi) is 8.35. The smallest absolute Gasteiger partial charge is 0.338 e. The zero-order valence-electron chi connectivity index (χ0n) is 20.4. The molecule has 0 amide bonds. The van der Waals surface area contributed by atoms with Gasteiger partial charge in [0.2, 0.25) is 6.79 Å². The van der Waals surface area contributed by atoms with E-state index in [9.17, 15) is 4.79 Å². The molecule has 1 aromatic heterocycles. The number of hydrogen-bond donors (Lipinski definition) is 0. The van der Waals surface area contributed by atoms with Crippen LogP contribution in [0.2, 0.25) is 0 Å². The summed E-state index contributed by atoms with van der Waals surface area (Å²) in [7, 11) is 3.11. The Morgan fingerprint density at radius 3 is 2.68 bits per heavy atom. The first kappa shape index (κ1) is 24.9. The van der Waals surface area contributed by atoms with Gasteiger partial charge in [0.05, 0.1) is 31.7 Å². The topological polar surface area (TPSA) is 76.1 Å². The van der Waals surface area contributed by atoms with Gasteiger partial charge in [-0.1, -0.05) is 19.6 Å². The number of carbonyl (C=O) groups is 1. The van der Waals surface area contributed by atoms with Crippen molar-refractivity contribution >= 4 is 23.7 Å². The van der Waals surface area contributed by atoms with Gasteiger partial charge in [0.15, 0.2) is 17.3 Å². The number of aromatic nitrogens is 1. The maximum Gasteiger partial charge on any atom is 0.338 e. The molecule has 1 aromatic rings. The summed E-state index contributed by atoms with van der Waals surface area (Å²) in [5.74, 6) is 1.96. The van der Waals surface area contributed by atoms with E-state index in [2.05, 4.69) is 11.6 Å². The summed E-state index contributed by atoms with van der Waals surface area (Å²) in [6, 6.07) is 1.83. The molecule has 0 saturated carbocycles. The van der Waals surface area contributed by atoms with Crippen LogP contribution in [0.15, 0.2) is 65.2 Å². The van der Waals surface area contributed by atoms with E-state index in [1.807, 2.05) is 44.2 Å². The fourth-order valence-corrected chi connectivity index (χ4v) is 3.74. The fraction of sp³-hybridized carbons (Fsp3) is 0.333. The van der Waals surface area contributed by atoms with Gasteiger partial charge in [-0.15, -0.1) is 0 Å². The predicted molar refractivity (Wildman–Crippen MR) is 130 cm³/mol. The zero-order valence-corrected chi connectivity index (χ0v) is 20.4. The first-order valence-electron chi connectivity index (χ1n) is 11.2. The van der Waals surface area contributed by atoms with Gasteiger partial charge in [-0.25, -0.2) is 4.79 Å². The van der Waals surface area contributed by atoms with Crippen molar-refractivity contribution in [2.75, 3.05) is 27.6 Å². The van der Waals surface area contributed by atoms with Crippen molar-refractivity contribution in [1.82, 2.24) is 4.98 Å². The van der Waals surface area contributed by atoms with E-state index in [4.69, 9.17) is 23.7 Å². The highest BCUT2D eigenvalue weighted by Gasteiger charge is 2.20. The van der Waals surface area contributed by atoms with Crippen molar-refractivity contribution < 1.29 is 28.5 Å². The minimum Gasteiger partial charge on any atom is -0.494 e. The summed E-state index contributed by atoms with van der Waals surface area (Å²) in [5, 5.41) is 1.54. The Hall–Kier alpha value is -3.74. The third-order valence-corrected chi connectivity index (χ3v) is 5.58. The SMILES string of the molecule is C=C(OC)\C(=C/C(CC)=C(C)/C=C(/C(=O)OCC)c1ccnc2c1=CCC1=C(C=2)OCO1)OC. The quantitative estimate of drug-likeness (QED) is 0.239. The van der Waals surface area contributed by atoms with E-state index in [0.29, 0.717) is 41.0 Å². The Morgan fingerprint density at radius 1 is 1.21 bits per heavy atom. The number of methoxy groups -OCH3 is 2. The van der Waals surface area contributed by atoms with Crippen molar-refractivity contribution in [1.29, 1.82) is 0 Å². The number of fused-ring (bicyclic) bond motifs is 1. The van der Waals surface area contributed by atoms with E-state index in [1.165, 1.54) is 0 Å². The summed E-state index contributed by atoms with van der Waals surface area (Å²) in [5.41, 5.74) is 3.03. The number of hydrogen-bond acceptors (Lipinski definition) is 7. The lowest BCUT2D eigenvalue weighted by Gasteiger charge is -2.12. The highest BCUT2D eigenvalue weighted by Crippen LogP contribution is 2.24. The first-order valence-corrected chi connectivity index (χ1v) is 11.2. The van der Waals surface area contributed by atoms with Gasteiger partial charge in [-0.3, -0.25) is 4.98 Å². The lowest BCUT2D eigenvalue weighted by molar-refractivity contribution is -0.136. The minimum atomic E-state index is -0.409. The number of nitrogens with zero attached hydrogens (tertiary/aromatic N) is 1. The van der Waals surface area contributed by atoms with Crippen LogP contribution >= 0.6 is 0 Å². The van der Waals surface area contributed by atoms with Gasteiger partial charge in [0.1, 0.15) is 5.76 Å². The average Bonchev–Trinajstić information content (AvgIpc) is 3.20. The third kappa shape index (κ3) is 5.42. The summed E-state index contributed by atoms with van der Waals surface area (Å²) in [6.45, 7) is 10.1. The number of carbonyl (C=O) groups excluding carboxylic acids is 1. The molecular formula is C27H31NO6. The molecule has 0 aromatic carbocycles. The average molecular weight is 466 g/mol. The van der Waals surface area contributed by atoms with E-state index in [-0.39, 0.29) is 13.4 Å². The lowest BCUT2D eigenvalue weighted by Crippen LogP contribution is -2.32. The van der Waals surface area contributed by atoms with Crippen molar-refractivity contribution in [3.63, 3.8) is 0 Å². The first-order chi connectivity index (χ1) is 16.4. The van der Waals surface area contributed by atoms with Gasteiger partial charge in [0.25, 0.3) is 0 Å². The second-order valence-corrected chi connectivity index (χ2v) is 7.58. The summed E-state index contributed by atoms with van der Waals surface area (Å²) < 4.78 is 27.2. The highest BCUT2D eigenvalue weighted by atomic mass is 16.7. The molecule has 0 atom stereocenters. The van der Waals surface area contributed by atoms with Crippen LogP contribution in [-0.4, -0.2) is 38.6 Å². The molecular weight excluding hydrogens is 434 g/mol. The zero-order chi connectivity index (χ0) is 24.7. The second kappa shape index (κ2) is 11.4. The van der Waals surface area contributed by atoms with Crippen LogP contribution in [0, 0.1) is 0 Å². The highest BCUT2D eigenvalue weighted by molar-refractivity contribution is 6.17. The molecule has 34 heavy (non-hydrogen) atoms. The second-order valence-electron chi connectivity index (χ2n) is 7.58. The van der Waals surface area contributed by atoms with Crippen molar-refractivity contribution in [3.05, 3.63) is 81.3 Å². The van der Waals surface area contributed by atoms with Crippen molar-refractivity contribution in [2.24, 2.45) is 0 Å². The van der Waals surface area contributed by atoms with Crippen LogP contribution in [0.5, 0.6) is 0 Å². The van der Waals surface area contributed by atoms with E-state index in [1.54, 1.807) is 27.3 Å². The van der Waals surface area contributed by atoms with Crippen LogP contribution in [0.4, 0.5) is 0 Å². The molecule has 180 valence electrons. The van der Waals surface area contributed by atoms with Gasteiger partial charge < -0.3 is 23.7 Å². The number of rotatable bonds is 9. The molecule has 7 heteroatoms. The van der Waals surface area contributed by atoms with Crippen LogP contribution in [-0.2, 0) is 28.5 Å². The largest absolute Gasteiger partial charge is 0.494 e. The molecule has 1 aliphatic carbocycles. The molecule has 0 fully saturated rings. The summed E-state index contributed by atoms with van der Waals surface area (Å²) >= 11 is 0. The van der Waals surface area contributed by atoms with E-state index < -0.39 is 5.97 Å². The molecule has 0 N–H and O–H groups in total. The molecule has 7 nitrogen and oxygen atoms in total. The Bertz CT molecular complexity index is 1220. The van der Waals surface area contributed by atoms with Crippen molar-refractivity contribution in [3.8, 4) is 0 Å². The summed E-state index contributed by atoms with van der Waals surface area (Å²) in [4.78, 5) is 17.6. The number of ether oxygens (including phenoxy) is 5. The maximum absolute atomic E-state index is 13.1. The number of allylic oxidation sites excluding steroid dienone is 6. The minimum absolute atomic E-state index is 0.203. The van der Waals surface area contributed by atoms with Crippen LogP contribution < -0.4 is 10.6 Å². The molecule has 1 aliphatic heterocycles. The molecule has 3 rings (SSSR count). The van der Waals surface area contributed by atoms with E-state index >= 15 is 0 Å². The van der Waals surface area contributed by atoms with Gasteiger partial charge in [0, 0.05) is 23.9 Å². The molecule has 2 heterocycles. The summed E-state index contributed by atoms with van der Waals surface area (Å²) in [6.07, 6.45) is 10.5. The standard InChI is InChI=1S/C27H31NO6/c1-7-19(14-25(31-6)18(4)30-5)17(3)13-22(27(29)32-8-2)20-11-12-28-23-15-26-24(33-16-34-26)10-9-21(20)23/h9,11-15H,4,7-8,10,16H2,1-3,5-6H3/b19-17+,22-13+,25-14+. The Labute approximate surface area is 200 Å². The Balaban J connectivity index is 2.19. The molecule has 0 spiro atoms. The van der Waals surface area contributed by atoms with Gasteiger partial charge in [-0.05, 0) is 55.2 Å². The number of esters is 1. The third-order valence-electron chi connectivity index (χ3n) is 5.58. The van der Waals surface area contributed by atoms with E-state index in [0.717, 1.165) is 27.7 Å². The van der Waals surface area contributed by atoms with Crippen LogP contribution in [0.25, 0.3) is 17.7 Å². The maximum atomic E-state index is 13.1. The molecule has 0 radical (unpaired) electrons.